The monoisotopic (exact) mass is 143 g/mol. The van der Waals surface area contributed by atoms with Gasteiger partial charge in [-0.2, -0.15) is 0 Å². The number of ether oxygens (including phenoxy) is 1. The first-order chi connectivity index (χ1) is 4.69. The van der Waals surface area contributed by atoms with E-state index in [1.165, 1.54) is 0 Å². The molecule has 3 heteroatoms. The second-order valence-corrected chi connectivity index (χ2v) is 2.75. The predicted molar refractivity (Wildman–Crippen MR) is 37.7 cm³/mol. The minimum absolute atomic E-state index is 0.124. The van der Waals surface area contributed by atoms with Crippen LogP contribution in [0.3, 0.4) is 0 Å². The highest BCUT2D eigenvalue weighted by Crippen LogP contribution is 2.13. The quantitative estimate of drug-likeness (QED) is 0.536. The molecule has 1 aliphatic rings. The van der Waals surface area contributed by atoms with Gasteiger partial charge in [0, 0.05) is 6.54 Å². The largest absolute Gasteiger partial charge is 0.463 e. The Kier molecular flexibility index (Phi) is 1.94. The fourth-order valence-electron chi connectivity index (χ4n) is 0.971. The van der Waals surface area contributed by atoms with Gasteiger partial charge in [0.15, 0.2) is 0 Å². The molecule has 1 aliphatic heterocycles. The molecule has 3 nitrogen and oxygen atoms in total. The minimum Gasteiger partial charge on any atom is -0.463 e. The number of hydrogen-bond donors (Lipinski definition) is 1. The van der Waals surface area contributed by atoms with Crippen LogP contribution in [0.25, 0.3) is 0 Å². The van der Waals surface area contributed by atoms with Gasteiger partial charge in [-0.15, -0.1) is 0 Å². The summed E-state index contributed by atoms with van der Waals surface area (Å²) in [7, 11) is 0. The molecule has 1 fully saturated rings. The number of hydrogen-bond acceptors (Lipinski definition) is 3. The van der Waals surface area contributed by atoms with Crippen molar-refractivity contribution in [1.29, 1.82) is 0 Å². The van der Waals surface area contributed by atoms with Crippen molar-refractivity contribution in [2.24, 2.45) is 0 Å². The number of nitrogens with one attached hydrogen (secondary N) is 1. The number of carbonyl (C=O) groups excluding carboxylic acids is 1. The van der Waals surface area contributed by atoms with Gasteiger partial charge in [0.2, 0.25) is 0 Å². The molecule has 0 bridgehead atoms. The maximum Gasteiger partial charge on any atom is 0.326 e. The first-order valence-corrected chi connectivity index (χ1v) is 3.61. The summed E-state index contributed by atoms with van der Waals surface area (Å²) in [5, 5.41) is 3.12. The van der Waals surface area contributed by atoms with E-state index >= 15 is 0 Å². The lowest BCUT2D eigenvalue weighted by molar-refractivity contribution is -0.155. The lowest BCUT2D eigenvalue weighted by Crippen LogP contribution is -2.55. The summed E-state index contributed by atoms with van der Waals surface area (Å²) < 4.78 is 4.88. The molecule has 10 heavy (non-hydrogen) atoms. The molecule has 0 amide bonds. The predicted octanol–water partition coefficient (Wildman–Crippen LogP) is 0.301. The van der Waals surface area contributed by atoms with Gasteiger partial charge in [-0.05, 0) is 13.3 Å². The van der Waals surface area contributed by atoms with Crippen LogP contribution in [0.1, 0.15) is 20.3 Å². The van der Waals surface area contributed by atoms with Crippen LogP contribution in [0.5, 0.6) is 0 Å². The summed E-state index contributed by atoms with van der Waals surface area (Å²) in [5.41, 5.74) is -0.432. The van der Waals surface area contributed by atoms with Crippen molar-refractivity contribution in [2.75, 3.05) is 13.2 Å². The van der Waals surface area contributed by atoms with Crippen LogP contribution < -0.4 is 5.32 Å². The van der Waals surface area contributed by atoms with Crippen molar-refractivity contribution in [3.8, 4) is 0 Å². The first-order valence-electron chi connectivity index (χ1n) is 3.61. The number of rotatable bonds is 1. The van der Waals surface area contributed by atoms with Crippen molar-refractivity contribution in [2.45, 2.75) is 25.8 Å². The molecule has 0 radical (unpaired) electrons. The number of morpholine rings is 1. The summed E-state index contributed by atoms with van der Waals surface area (Å²) in [4.78, 5) is 11.1. The maximum absolute atomic E-state index is 11.1. The van der Waals surface area contributed by atoms with Gasteiger partial charge in [0.25, 0.3) is 0 Å². The molecular weight excluding hydrogens is 130 g/mol. The van der Waals surface area contributed by atoms with Crippen molar-refractivity contribution in [3.63, 3.8) is 0 Å². The molecule has 58 valence electrons. The maximum atomic E-state index is 11.1. The molecule has 0 aliphatic carbocycles. The first kappa shape index (κ1) is 7.54. The Morgan fingerprint density at radius 2 is 2.50 bits per heavy atom. The van der Waals surface area contributed by atoms with Crippen molar-refractivity contribution >= 4 is 5.97 Å². The Balaban J connectivity index is 2.63. The highest BCUT2D eigenvalue weighted by Gasteiger charge is 2.34. The van der Waals surface area contributed by atoms with Gasteiger partial charge < -0.3 is 4.74 Å². The average Bonchev–Trinajstić information content (AvgIpc) is 1.96. The third kappa shape index (κ3) is 1.14. The number of esters is 1. The van der Waals surface area contributed by atoms with Gasteiger partial charge in [-0.1, -0.05) is 6.92 Å². The fraction of sp³-hybridized carbons (Fsp3) is 0.857. The van der Waals surface area contributed by atoms with Crippen molar-refractivity contribution in [3.05, 3.63) is 0 Å². The molecule has 0 spiro atoms. The Bertz CT molecular complexity index is 147. The zero-order valence-corrected chi connectivity index (χ0v) is 6.44. The Morgan fingerprint density at radius 1 is 1.80 bits per heavy atom. The molecule has 0 aromatic heterocycles. The van der Waals surface area contributed by atoms with E-state index in [4.69, 9.17) is 4.74 Å². The Labute approximate surface area is 60.7 Å². The molecule has 0 aromatic carbocycles. The standard InChI is InChI=1S/C7H13NO2/c1-3-7(2)6(9)10-5-4-8-7/h8H,3-5H2,1-2H3. The molecule has 0 saturated carbocycles. The minimum atomic E-state index is -0.432. The van der Waals surface area contributed by atoms with Crippen LogP contribution in [-0.4, -0.2) is 24.7 Å². The van der Waals surface area contributed by atoms with E-state index in [2.05, 4.69) is 5.32 Å². The topological polar surface area (TPSA) is 38.3 Å². The van der Waals surface area contributed by atoms with E-state index in [-0.39, 0.29) is 5.97 Å². The van der Waals surface area contributed by atoms with Gasteiger partial charge in [-0.25, -0.2) is 0 Å². The van der Waals surface area contributed by atoms with Crippen LogP contribution in [0.4, 0.5) is 0 Å². The summed E-state index contributed by atoms with van der Waals surface area (Å²) in [5.74, 6) is -0.124. The molecule has 0 aromatic rings. The van der Waals surface area contributed by atoms with Crippen molar-refractivity contribution < 1.29 is 9.53 Å². The normalized spacial score (nSPS) is 33.6. The van der Waals surface area contributed by atoms with E-state index in [9.17, 15) is 4.79 Å². The molecule has 1 N–H and O–H groups in total. The molecule has 1 unspecified atom stereocenters. The summed E-state index contributed by atoms with van der Waals surface area (Å²) in [6.45, 7) is 5.12. The SMILES string of the molecule is CCC1(C)NCCOC1=O. The second-order valence-electron chi connectivity index (χ2n) is 2.75. The second kappa shape index (κ2) is 2.58. The lowest BCUT2D eigenvalue weighted by atomic mass is 9.98. The van der Waals surface area contributed by atoms with Gasteiger partial charge >= 0.3 is 5.97 Å². The lowest BCUT2D eigenvalue weighted by Gasteiger charge is -2.31. The average molecular weight is 143 g/mol. The van der Waals surface area contributed by atoms with Crippen LogP contribution in [0, 0.1) is 0 Å². The highest BCUT2D eigenvalue weighted by molar-refractivity contribution is 5.80. The molecule has 1 rings (SSSR count). The number of cyclic esters (lactones) is 1. The van der Waals surface area contributed by atoms with E-state index in [1.54, 1.807) is 0 Å². The molecule has 1 heterocycles. The Hall–Kier alpha value is -0.570. The van der Waals surface area contributed by atoms with Crippen LogP contribution in [-0.2, 0) is 9.53 Å². The fourth-order valence-corrected chi connectivity index (χ4v) is 0.971. The molecule has 1 saturated heterocycles. The van der Waals surface area contributed by atoms with E-state index in [0.717, 1.165) is 13.0 Å². The van der Waals surface area contributed by atoms with E-state index in [0.29, 0.717) is 6.61 Å². The van der Waals surface area contributed by atoms with Crippen molar-refractivity contribution in [1.82, 2.24) is 5.32 Å². The number of carbonyl (C=O) groups is 1. The van der Waals surface area contributed by atoms with E-state index in [1.807, 2.05) is 13.8 Å². The zero-order valence-electron chi connectivity index (χ0n) is 6.44. The van der Waals surface area contributed by atoms with Gasteiger partial charge in [0.05, 0.1) is 0 Å². The van der Waals surface area contributed by atoms with Crippen LogP contribution in [0.2, 0.25) is 0 Å². The highest BCUT2D eigenvalue weighted by atomic mass is 16.5. The summed E-state index contributed by atoms with van der Waals surface area (Å²) >= 11 is 0. The van der Waals surface area contributed by atoms with Gasteiger partial charge in [0.1, 0.15) is 12.1 Å². The zero-order chi connectivity index (χ0) is 7.61. The van der Waals surface area contributed by atoms with Crippen LogP contribution >= 0.6 is 0 Å². The summed E-state index contributed by atoms with van der Waals surface area (Å²) in [6.07, 6.45) is 0.784. The smallest absolute Gasteiger partial charge is 0.326 e. The Morgan fingerprint density at radius 3 is 2.90 bits per heavy atom. The van der Waals surface area contributed by atoms with Crippen LogP contribution in [0.15, 0.2) is 0 Å². The van der Waals surface area contributed by atoms with E-state index < -0.39 is 5.54 Å². The molecular formula is C7H13NO2. The molecule has 1 atom stereocenters. The van der Waals surface area contributed by atoms with Gasteiger partial charge in [-0.3, -0.25) is 10.1 Å². The summed E-state index contributed by atoms with van der Waals surface area (Å²) in [6, 6.07) is 0. The third-order valence-electron chi connectivity index (χ3n) is 2.01. The third-order valence-corrected chi connectivity index (χ3v) is 2.01.